The monoisotopic (exact) mass is 476 g/mol. The van der Waals surface area contributed by atoms with E-state index in [4.69, 9.17) is 9.47 Å². The first-order chi connectivity index (χ1) is 16.6. The third-order valence-corrected chi connectivity index (χ3v) is 7.98. The van der Waals surface area contributed by atoms with Gasteiger partial charge in [-0.2, -0.15) is 0 Å². The fraction of sp³-hybridized carbons (Fsp3) is 0.259. The first-order valence-electron chi connectivity index (χ1n) is 11.5. The van der Waals surface area contributed by atoms with Gasteiger partial charge in [0, 0.05) is 18.7 Å². The number of fused-ring (bicyclic) bond motifs is 1. The van der Waals surface area contributed by atoms with Crippen molar-refractivity contribution in [2.45, 2.75) is 17.9 Å². The molecule has 0 aromatic heterocycles. The molecule has 1 fully saturated rings. The average molecular weight is 477 g/mol. The summed E-state index contributed by atoms with van der Waals surface area (Å²) in [6.45, 7) is 4.91. The Labute approximate surface area is 201 Å². The van der Waals surface area contributed by atoms with Gasteiger partial charge in [-0.1, -0.05) is 54.1 Å². The lowest BCUT2D eigenvalue weighted by molar-refractivity contribution is 0.0241. The fourth-order valence-electron chi connectivity index (χ4n) is 4.55. The van der Waals surface area contributed by atoms with Gasteiger partial charge in [-0.25, -0.2) is 12.7 Å². The minimum absolute atomic E-state index is 0.195. The van der Waals surface area contributed by atoms with Gasteiger partial charge in [-0.15, -0.1) is 0 Å². The quantitative estimate of drug-likeness (QED) is 0.523. The SMILES string of the molecule is Cc1ccc(S(=O)(=O)N2/C(=C\COc3ccccc3)[C@H](N3CCOCC3)c3ccccc32)cc1. The zero-order chi connectivity index (χ0) is 23.5. The van der Waals surface area contributed by atoms with Crippen LogP contribution in [0.5, 0.6) is 5.75 Å². The molecular formula is C27H28N2O4S. The van der Waals surface area contributed by atoms with Crippen LogP contribution in [-0.4, -0.2) is 46.2 Å². The molecule has 176 valence electrons. The van der Waals surface area contributed by atoms with Crippen LogP contribution in [-0.2, 0) is 14.8 Å². The molecule has 6 nitrogen and oxygen atoms in total. The lowest BCUT2D eigenvalue weighted by Crippen LogP contribution is -2.41. The molecule has 7 heteroatoms. The summed E-state index contributed by atoms with van der Waals surface area (Å²) in [5, 5.41) is 0. The molecular weight excluding hydrogens is 448 g/mol. The molecule has 0 spiro atoms. The molecule has 2 heterocycles. The maximum atomic E-state index is 14.0. The summed E-state index contributed by atoms with van der Waals surface area (Å²) in [5.41, 5.74) is 3.37. The van der Waals surface area contributed by atoms with Crippen LogP contribution in [0.15, 0.2) is 95.5 Å². The Morgan fingerprint density at radius 2 is 1.62 bits per heavy atom. The second-order valence-electron chi connectivity index (χ2n) is 8.45. The van der Waals surface area contributed by atoms with Crippen LogP contribution in [0.3, 0.4) is 0 Å². The number of morpholine rings is 1. The minimum atomic E-state index is -3.83. The van der Waals surface area contributed by atoms with Gasteiger partial charge in [-0.3, -0.25) is 4.90 Å². The second-order valence-corrected chi connectivity index (χ2v) is 10.2. The largest absolute Gasteiger partial charge is 0.489 e. The molecule has 0 radical (unpaired) electrons. The smallest absolute Gasteiger partial charge is 0.268 e. The molecule has 0 amide bonds. The first kappa shape index (κ1) is 22.7. The van der Waals surface area contributed by atoms with E-state index in [9.17, 15) is 8.42 Å². The minimum Gasteiger partial charge on any atom is -0.489 e. The standard InChI is InChI=1S/C27H28N2O4S/c1-21-11-13-23(14-12-21)34(30,31)29-25-10-6-5-9-24(25)27(28-16-19-32-20-17-28)26(29)15-18-33-22-7-3-2-4-8-22/h2-15,27H,16-20H2,1H3/b26-15-/t27-/m1/s1. The zero-order valence-electron chi connectivity index (χ0n) is 19.1. The summed E-state index contributed by atoms with van der Waals surface area (Å²) in [7, 11) is -3.83. The predicted octanol–water partition coefficient (Wildman–Crippen LogP) is 4.54. The van der Waals surface area contributed by atoms with Gasteiger partial charge in [-0.05, 0) is 43.3 Å². The highest BCUT2D eigenvalue weighted by Crippen LogP contribution is 2.48. The summed E-state index contributed by atoms with van der Waals surface area (Å²) < 4.78 is 41.0. The summed E-state index contributed by atoms with van der Waals surface area (Å²) in [6, 6.07) is 24.1. The number of para-hydroxylation sites is 2. The highest BCUT2D eigenvalue weighted by molar-refractivity contribution is 7.93. The topological polar surface area (TPSA) is 59.1 Å². The molecule has 0 unspecified atom stereocenters. The Morgan fingerprint density at radius 3 is 2.35 bits per heavy atom. The Bertz CT molecular complexity index is 1270. The van der Waals surface area contributed by atoms with Gasteiger partial charge in [0.2, 0.25) is 0 Å². The van der Waals surface area contributed by atoms with E-state index < -0.39 is 10.0 Å². The van der Waals surface area contributed by atoms with Crippen LogP contribution >= 0.6 is 0 Å². The normalized spacial score (nSPS) is 19.9. The number of aryl methyl sites for hydroxylation is 1. The van der Waals surface area contributed by atoms with Crippen molar-refractivity contribution in [1.82, 2.24) is 4.90 Å². The van der Waals surface area contributed by atoms with E-state index in [1.807, 2.05) is 79.7 Å². The van der Waals surface area contributed by atoms with Crippen LogP contribution in [0.25, 0.3) is 0 Å². The van der Waals surface area contributed by atoms with Gasteiger partial charge in [0.25, 0.3) is 10.0 Å². The molecule has 2 aliphatic heterocycles. The second kappa shape index (κ2) is 9.62. The van der Waals surface area contributed by atoms with Gasteiger partial charge < -0.3 is 9.47 Å². The number of ether oxygens (including phenoxy) is 2. The van der Waals surface area contributed by atoms with Gasteiger partial charge in [0.05, 0.1) is 35.5 Å². The lowest BCUT2D eigenvalue weighted by Gasteiger charge is -2.34. The van der Waals surface area contributed by atoms with E-state index >= 15 is 0 Å². The average Bonchev–Trinajstić information content (AvgIpc) is 3.20. The molecule has 0 N–H and O–H groups in total. The summed E-state index contributed by atoms with van der Waals surface area (Å²) in [6.07, 6.45) is 1.90. The highest BCUT2D eigenvalue weighted by Gasteiger charge is 2.43. The number of anilines is 1. The molecule has 0 saturated carbocycles. The van der Waals surface area contributed by atoms with Crippen molar-refractivity contribution in [2.24, 2.45) is 0 Å². The van der Waals surface area contributed by atoms with Crippen molar-refractivity contribution >= 4 is 15.7 Å². The van der Waals surface area contributed by atoms with Crippen LogP contribution in [0.2, 0.25) is 0 Å². The van der Waals surface area contributed by atoms with Crippen LogP contribution in [0.1, 0.15) is 17.2 Å². The van der Waals surface area contributed by atoms with Gasteiger partial charge >= 0.3 is 0 Å². The van der Waals surface area contributed by atoms with Crippen LogP contribution in [0, 0.1) is 6.92 Å². The van der Waals surface area contributed by atoms with Crippen molar-refractivity contribution in [3.8, 4) is 5.75 Å². The van der Waals surface area contributed by atoms with E-state index in [0.717, 1.165) is 30.0 Å². The van der Waals surface area contributed by atoms with E-state index in [2.05, 4.69) is 4.90 Å². The molecule has 3 aromatic carbocycles. The van der Waals surface area contributed by atoms with Crippen molar-refractivity contribution in [3.63, 3.8) is 0 Å². The third-order valence-electron chi connectivity index (χ3n) is 6.22. The molecule has 0 bridgehead atoms. The maximum Gasteiger partial charge on any atom is 0.268 e. The molecule has 3 aromatic rings. The van der Waals surface area contributed by atoms with Gasteiger partial charge in [0.15, 0.2) is 0 Å². The molecule has 2 aliphatic rings. The highest BCUT2D eigenvalue weighted by atomic mass is 32.2. The van der Waals surface area contributed by atoms with Crippen LogP contribution in [0.4, 0.5) is 5.69 Å². The number of nitrogens with zero attached hydrogens (tertiary/aromatic N) is 2. The van der Waals surface area contributed by atoms with Crippen molar-refractivity contribution < 1.29 is 17.9 Å². The van der Waals surface area contributed by atoms with E-state index in [1.54, 1.807) is 12.1 Å². The third kappa shape index (κ3) is 4.34. The Balaban J connectivity index is 1.59. The number of rotatable bonds is 6. The lowest BCUT2D eigenvalue weighted by atomic mass is 10.0. The number of hydrogen-bond acceptors (Lipinski definition) is 5. The fourth-order valence-corrected chi connectivity index (χ4v) is 6.12. The molecule has 1 atom stereocenters. The first-order valence-corrected chi connectivity index (χ1v) is 12.9. The van der Waals surface area contributed by atoms with E-state index in [1.165, 1.54) is 4.31 Å². The summed E-state index contributed by atoms with van der Waals surface area (Å²) >= 11 is 0. The number of benzene rings is 3. The van der Waals surface area contributed by atoms with Gasteiger partial charge in [0.1, 0.15) is 12.4 Å². The van der Waals surface area contributed by atoms with Crippen LogP contribution < -0.4 is 9.04 Å². The number of sulfonamides is 1. The predicted molar refractivity (Wildman–Crippen MR) is 132 cm³/mol. The summed E-state index contributed by atoms with van der Waals surface area (Å²) in [4.78, 5) is 2.56. The Kier molecular flexibility index (Phi) is 6.41. The Morgan fingerprint density at radius 1 is 0.941 bits per heavy atom. The number of hydrogen-bond donors (Lipinski definition) is 0. The molecule has 5 rings (SSSR count). The Hall–Kier alpha value is -3.13. The molecule has 1 saturated heterocycles. The van der Waals surface area contributed by atoms with E-state index in [0.29, 0.717) is 24.6 Å². The van der Waals surface area contributed by atoms with Crippen molar-refractivity contribution in [1.29, 1.82) is 0 Å². The van der Waals surface area contributed by atoms with Crippen molar-refractivity contribution in [2.75, 3.05) is 37.2 Å². The zero-order valence-corrected chi connectivity index (χ0v) is 19.9. The molecule has 0 aliphatic carbocycles. The maximum absolute atomic E-state index is 14.0. The van der Waals surface area contributed by atoms with Crippen molar-refractivity contribution in [3.05, 3.63) is 102 Å². The molecule has 34 heavy (non-hydrogen) atoms. The summed E-state index contributed by atoms with van der Waals surface area (Å²) in [5.74, 6) is 0.741. The van der Waals surface area contributed by atoms with E-state index in [-0.39, 0.29) is 17.5 Å².